The van der Waals surface area contributed by atoms with E-state index in [1.54, 1.807) is 36.4 Å². The minimum Gasteiger partial charge on any atom is -0.487 e. The number of nitriles is 1. The van der Waals surface area contributed by atoms with Crippen molar-refractivity contribution in [3.8, 4) is 11.8 Å². The van der Waals surface area contributed by atoms with Crippen molar-refractivity contribution >= 4 is 74.5 Å². The fourth-order valence-electron chi connectivity index (χ4n) is 2.63. The molecule has 1 N–H and O–H groups in total. The summed E-state index contributed by atoms with van der Waals surface area (Å²) < 4.78 is 20.8. The van der Waals surface area contributed by atoms with Crippen LogP contribution in [0.3, 0.4) is 0 Å². The molecule has 156 valence electrons. The lowest BCUT2D eigenvalue weighted by molar-refractivity contribution is -0.112. The van der Waals surface area contributed by atoms with E-state index in [4.69, 9.17) is 16.3 Å². The number of ether oxygens (including phenoxy) is 1. The largest absolute Gasteiger partial charge is 0.487 e. The van der Waals surface area contributed by atoms with Gasteiger partial charge in [0.15, 0.2) is 0 Å². The van der Waals surface area contributed by atoms with Crippen molar-refractivity contribution in [3.05, 3.63) is 95.3 Å². The Bertz CT molecular complexity index is 1170. The molecule has 0 saturated heterocycles. The van der Waals surface area contributed by atoms with Crippen LogP contribution in [0.5, 0.6) is 5.75 Å². The smallest absolute Gasteiger partial charge is 0.266 e. The Labute approximate surface area is 211 Å². The first-order valence-corrected chi connectivity index (χ1v) is 11.4. The molecule has 8 heteroatoms. The molecule has 3 aromatic carbocycles. The van der Waals surface area contributed by atoms with Crippen LogP contribution in [0, 0.1) is 24.3 Å². The summed E-state index contributed by atoms with van der Waals surface area (Å²) in [6, 6.07) is 18.4. The van der Waals surface area contributed by atoms with Gasteiger partial charge in [0.1, 0.15) is 29.8 Å². The van der Waals surface area contributed by atoms with Crippen LogP contribution >= 0.6 is 56.8 Å². The summed E-state index contributed by atoms with van der Waals surface area (Å²) in [5.41, 5.74) is 1.92. The molecule has 0 aliphatic rings. The molecule has 0 radical (unpaired) electrons. The van der Waals surface area contributed by atoms with E-state index in [2.05, 4.69) is 50.5 Å². The number of hydrogen-bond donors (Lipinski definition) is 1. The number of carbonyl (C=O) groups excluding carboxylic acids is 1. The van der Waals surface area contributed by atoms with Gasteiger partial charge in [0.05, 0.1) is 7.14 Å². The minimum atomic E-state index is -0.513. The zero-order valence-corrected chi connectivity index (χ0v) is 20.9. The number of rotatable bonds is 6. The molecular weight excluding hydrogens is 645 g/mol. The summed E-state index contributed by atoms with van der Waals surface area (Å²) in [7, 11) is 0. The molecule has 1 amide bonds. The van der Waals surface area contributed by atoms with E-state index in [-0.39, 0.29) is 18.0 Å². The number of carbonyl (C=O) groups is 1. The van der Waals surface area contributed by atoms with Gasteiger partial charge in [-0.1, -0.05) is 23.7 Å². The fourth-order valence-corrected chi connectivity index (χ4v) is 4.88. The van der Waals surface area contributed by atoms with Gasteiger partial charge in [-0.3, -0.25) is 4.79 Å². The zero-order chi connectivity index (χ0) is 22.4. The molecule has 0 unspecified atom stereocenters. The number of anilines is 1. The summed E-state index contributed by atoms with van der Waals surface area (Å²) in [6.07, 6.45) is 1.52. The van der Waals surface area contributed by atoms with Crippen LogP contribution in [-0.2, 0) is 11.4 Å². The molecule has 3 aromatic rings. The van der Waals surface area contributed by atoms with Gasteiger partial charge < -0.3 is 10.1 Å². The Morgan fingerprint density at radius 1 is 1.13 bits per heavy atom. The van der Waals surface area contributed by atoms with Crippen molar-refractivity contribution in [2.24, 2.45) is 0 Å². The van der Waals surface area contributed by atoms with E-state index >= 15 is 0 Å². The molecule has 0 aliphatic heterocycles. The summed E-state index contributed by atoms with van der Waals surface area (Å²) >= 11 is 10.1. The average Bonchev–Trinajstić information content (AvgIpc) is 2.73. The molecule has 0 atom stereocenters. The van der Waals surface area contributed by atoms with Crippen LogP contribution in [0.2, 0.25) is 5.02 Å². The zero-order valence-electron chi connectivity index (χ0n) is 15.8. The van der Waals surface area contributed by atoms with Gasteiger partial charge in [-0.05, 0) is 111 Å². The number of nitrogens with one attached hydrogen (secondary N) is 1. The maximum absolute atomic E-state index is 13.4. The van der Waals surface area contributed by atoms with E-state index < -0.39 is 5.91 Å². The molecule has 0 aromatic heterocycles. The lowest BCUT2D eigenvalue weighted by atomic mass is 10.1. The second kappa shape index (κ2) is 10.9. The third-order valence-corrected chi connectivity index (χ3v) is 5.93. The third kappa shape index (κ3) is 6.66. The standard InChI is InChI=1S/C23H14ClFI2N2O2/c24-17-4-6-19(7-5-17)29-23(30)16(12-28)8-15-10-20(26)22(21(27)11-15)31-13-14-2-1-3-18(25)9-14/h1-11H,13H2,(H,29,30)/b16-8-. The van der Waals surface area contributed by atoms with E-state index in [0.717, 1.165) is 12.7 Å². The van der Waals surface area contributed by atoms with Crippen molar-refractivity contribution in [3.63, 3.8) is 0 Å². The summed E-state index contributed by atoms with van der Waals surface area (Å²) in [5.74, 6) is -0.167. The van der Waals surface area contributed by atoms with E-state index in [1.807, 2.05) is 18.2 Å². The van der Waals surface area contributed by atoms with Crippen LogP contribution in [0.25, 0.3) is 6.08 Å². The van der Waals surface area contributed by atoms with Crippen molar-refractivity contribution in [2.45, 2.75) is 6.61 Å². The van der Waals surface area contributed by atoms with E-state index in [1.165, 1.54) is 18.2 Å². The third-order valence-electron chi connectivity index (χ3n) is 4.07. The second-order valence-corrected chi connectivity index (χ2v) is 9.12. The Kier molecular flexibility index (Phi) is 8.28. The van der Waals surface area contributed by atoms with Gasteiger partial charge in [0, 0.05) is 10.7 Å². The quantitative estimate of drug-likeness (QED) is 0.180. The van der Waals surface area contributed by atoms with Crippen molar-refractivity contribution < 1.29 is 13.9 Å². The SMILES string of the molecule is N#C/C(=C/c1cc(I)c(OCc2cccc(F)c2)c(I)c1)C(=O)Nc1ccc(Cl)cc1. The first-order chi connectivity index (χ1) is 14.9. The maximum atomic E-state index is 13.4. The van der Waals surface area contributed by atoms with E-state index in [0.29, 0.717) is 22.0 Å². The lowest BCUT2D eigenvalue weighted by Gasteiger charge is -2.12. The normalized spacial score (nSPS) is 11.0. The van der Waals surface area contributed by atoms with Crippen LogP contribution in [-0.4, -0.2) is 5.91 Å². The summed E-state index contributed by atoms with van der Waals surface area (Å²) in [6.45, 7) is 0.228. The second-order valence-electron chi connectivity index (χ2n) is 6.36. The van der Waals surface area contributed by atoms with Gasteiger partial charge in [-0.25, -0.2) is 4.39 Å². The molecule has 31 heavy (non-hydrogen) atoms. The number of hydrogen-bond acceptors (Lipinski definition) is 3. The van der Waals surface area contributed by atoms with Crippen LogP contribution in [0.4, 0.5) is 10.1 Å². The summed E-state index contributed by atoms with van der Waals surface area (Å²) in [4.78, 5) is 12.5. The van der Waals surface area contributed by atoms with Gasteiger partial charge in [0.25, 0.3) is 5.91 Å². The van der Waals surface area contributed by atoms with Gasteiger partial charge in [-0.15, -0.1) is 0 Å². The summed E-state index contributed by atoms with van der Waals surface area (Å²) in [5, 5.41) is 12.7. The van der Waals surface area contributed by atoms with Crippen molar-refractivity contribution in [1.82, 2.24) is 0 Å². The Hall–Kier alpha value is -2.16. The Balaban J connectivity index is 1.76. The Morgan fingerprint density at radius 2 is 1.81 bits per heavy atom. The molecule has 0 fully saturated rings. The molecule has 0 saturated carbocycles. The van der Waals surface area contributed by atoms with Crippen LogP contribution in [0.15, 0.2) is 66.2 Å². The number of amides is 1. The van der Waals surface area contributed by atoms with Crippen LogP contribution < -0.4 is 10.1 Å². The molecule has 0 bridgehead atoms. The Morgan fingerprint density at radius 3 is 2.42 bits per heavy atom. The monoisotopic (exact) mass is 658 g/mol. The molecule has 0 aliphatic carbocycles. The highest BCUT2D eigenvalue weighted by molar-refractivity contribution is 14.1. The predicted molar refractivity (Wildman–Crippen MR) is 136 cm³/mol. The predicted octanol–water partition coefficient (Wildman–Crippen LogP) is 6.81. The molecule has 4 nitrogen and oxygen atoms in total. The highest BCUT2D eigenvalue weighted by atomic mass is 127. The molecule has 3 rings (SSSR count). The van der Waals surface area contributed by atoms with Crippen molar-refractivity contribution in [1.29, 1.82) is 5.26 Å². The highest BCUT2D eigenvalue weighted by Crippen LogP contribution is 2.30. The van der Waals surface area contributed by atoms with E-state index in [9.17, 15) is 14.4 Å². The maximum Gasteiger partial charge on any atom is 0.266 e. The number of halogens is 4. The average molecular weight is 659 g/mol. The van der Waals surface area contributed by atoms with Gasteiger partial charge in [-0.2, -0.15) is 5.26 Å². The van der Waals surface area contributed by atoms with Gasteiger partial charge >= 0.3 is 0 Å². The lowest BCUT2D eigenvalue weighted by Crippen LogP contribution is -2.13. The minimum absolute atomic E-state index is 0.0324. The number of nitrogens with zero attached hydrogens (tertiary/aromatic N) is 1. The molecular formula is C23H14ClFI2N2O2. The van der Waals surface area contributed by atoms with Gasteiger partial charge in [0.2, 0.25) is 0 Å². The fraction of sp³-hybridized carbons (Fsp3) is 0.0435. The molecule has 0 heterocycles. The first kappa shape index (κ1) is 23.5. The van der Waals surface area contributed by atoms with Crippen LogP contribution in [0.1, 0.15) is 11.1 Å². The topological polar surface area (TPSA) is 62.1 Å². The molecule has 0 spiro atoms. The first-order valence-electron chi connectivity index (χ1n) is 8.90. The number of benzene rings is 3. The van der Waals surface area contributed by atoms with Crippen molar-refractivity contribution in [2.75, 3.05) is 5.32 Å². The highest BCUT2D eigenvalue weighted by Gasteiger charge is 2.13.